The highest BCUT2D eigenvalue weighted by atomic mass is 16.5. The van der Waals surface area contributed by atoms with Gasteiger partial charge in [0.15, 0.2) is 0 Å². The summed E-state index contributed by atoms with van der Waals surface area (Å²) in [5.41, 5.74) is 1.25. The minimum Gasteiger partial charge on any atom is -0.478 e. The lowest BCUT2D eigenvalue weighted by Crippen LogP contribution is -2.37. The summed E-state index contributed by atoms with van der Waals surface area (Å²) < 4.78 is 5.58. The second kappa shape index (κ2) is 7.94. The number of amides is 1. The van der Waals surface area contributed by atoms with Gasteiger partial charge in [-0.15, -0.1) is 0 Å². The molecule has 0 aliphatic carbocycles. The molecular formula is C17H23NO4. The maximum absolute atomic E-state index is 12.3. The largest absolute Gasteiger partial charge is 0.478 e. The van der Waals surface area contributed by atoms with Crippen molar-refractivity contribution in [2.75, 3.05) is 19.7 Å². The molecule has 2 rings (SSSR count). The van der Waals surface area contributed by atoms with Crippen LogP contribution in [-0.4, -0.2) is 47.7 Å². The van der Waals surface area contributed by atoms with E-state index in [2.05, 4.69) is 0 Å². The van der Waals surface area contributed by atoms with Gasteiger partial charge < -0.3 is 14.7 Å². The van der Waals surface area contributed by atoms with E-state index in [9.17, 15) is 9.59 Å². The van der Waals surface area contributed by atoms with Gasteiger partial charge >= 0.3 is 5.97 Å². The monoisotopic (exact) mass is 305 g/mol. The van der Waals surface area contributed by atoms with Crippen LogP contribution in [0.15, 0.2) is 24.3 Å². The Labute approximate surface area is 130 Å². The lowest BCUT2D eigenvalue weighted by Gasteiger charge is -2.24. The Morgan fingerprint density at radius 1 is 1.32 bits per heavy atom. The van der Waals surface area contributed by atoms with Crippen molar-refractivity contribution in [3.8, 4) is 0 Å². The third kappa shape index (κ3) is 4.56. The molecule has 1 N–H and O–H groups in total. The molecular weight excluding hydrogens is 282 g/mol. The summed E-state index contributed by atoms with van der Waals surface area (Å²) in [5, 5.41) is 8.86. The molecule has 1 aliphatic rings. The van der Waals surface area contributed by atoms with E-state index in [1.54, 1.807) is 24.3 Å². The molecule has 1 aliphatic heterocycles. The van der Waals surface area contributed by atoms with E-state index in [4.69, 9.17) is 9.84 Å². The molecule has 0 saturated carbocycles. The molecule has 5 nitrogen and oxygen atoms in total. The molecule has 1 saturated heterocycles. The Hall–Kier alpha value is -1.88. The second-order valence-electron chi connectivity index (χ2n) is 5.57. The summed E-state index contributed by atoms with van der Waals surface area (Å²) >= 11 is 0. The highest BCUT2D eigenvalue weighted by molar-refractivity contribution is 5.87. The smallest absolute Gasteiger partial charge is 0.335 e. The van der Waals surface area contributed by atoms with E-state index in [1.165, 1.54) is 0 Å². The van der Waals surface area contributed by atoms with Crippen molar-refractivity contribution in [1.82, 2.24) is 4.90 Å². The van der Waals surface area contributed by atoms with E-state index >= 15 is 0 Å². The van der Waals surface area contributed by atoms with Crippen molar-refractivity contribution >= 4 is 11.9 Å². The van der Waals surface area contributed by atoms with Gasteiger partial charge in [-0.3, -0.25) is 4.79 Å². The van der Waals surface area contributed by atoms with E-state index in [-0.39, 0.29) is 17.6 Å². The number of hydrogen-bond acceptors (Lipinski definition) is 3. The van der Waals surface area contributed by atoms with Crippen molar-refractivity contribution in [2.24, 2.45) is 0 Å². The normalized spacial score (nSPS) is 17.4. The van der Waals surface area contributed by atoms with Crippen LogP contribution >= 0.6 is 0 Å². The molecule has 1 atom stereocenters. The molecule has 0 spiro atoms. The first-order valence-corrected chi connectivity index (χ1v) is 7.81. The van der Waals surface area contributed by atoms with Crippen LogP contribution in [0.5, 0.6) is 0 Å². The number of aromatic carboxylic acids is 1. The third-order valence-electron chi connectivity index (χ3n) is 4.01. The molecule has 1 aromatic rings. The van der Waals surface area contributed by atoms with Crippen LogP contribution in [0.4, 0.5) is 0 Å². The zero-order chi connectivity index (χ0) is 15.9. The maximum Gasteiger partial charge on any atom is 0.335 e. The molecule has 1 unspecified atom stereocenters. The summed E-state index contributed by atoms with van der Waals surface area (Å²) in [4.78, 5) is 24.9. The Bertz CT molecular complexity index is 506. The van der Waals surface area contributed by atoms with Crippen LogP contribution in [0, 0.1) is 0 Å². The minimum absolute atomic E-state index is 0.125. The zero-order valence-electron chi connectivity index (χ0n) is 13.0. The fraction of sp³-hybridized carbons (Fsp3) is 0.529. The number of benzene rings is 1. The number of carbonyl (C=O) groups is 2. The van der Waals surface area contributed by atoms with Gasteiger partial charge in [0.2, 0.25) is 5.91 Å². The topological polar surface area (TPSA) is 66.8 Å². The lowest BCUT2D eigenvalue weighted by atomic mass is 10.1. The molecule has 1 fully saturated rings. The van der Waals surface area contributed by atoms with Gasteiger partial charge in [0.1, 0.15) is 0 Å². The fourth-order valence-corrected chi connectivity index (χ4v) is 2.66. The molecule has 1 aromatic carbocycles. The molecule has 120 valence electrons. The number of carboxylic acids is 1. The predicted octanol–water partition coefficient (Wildman–Crippen LogP) is 2.34. The van der Waals surface area contributed by atoms with Gasteiger partial charge in [0.05, 0.1) is 11.7 Å². The molecule has 5 heteroatoms. The van der Waals surface area contributed by atoms with Gasteiger partial charge in [-0.25, -0.2) is 4.79 Å². The predicted molar refractivity (Wildman–Crippen MR) is 83.0 cm³/mol. The standard InChI is InChI=1S/C17H23NO4/c1-2-18(12-15-4-3-11-22-15)16(19)10-7-13-5-8-14(9-6-13)17(20)21/h5-6,8-9,15H,2-4,7,10-12H2,1H3,(H,20,21). The Balaban J connectivity index is 1.83. The Morgan fingerprint density at radius 2 is 2.05 bits per heavy atom. The SMILES string of the molecule is CCN(CC1CCCO1)C(=O)CCc1ccc(C(=O)O)cc1. The van der Waals surface area contributed by atoms with Crippen LogP contribution in [-0.2, 0) is 16.0 Å². The number of carboxylic acid groups (broad SMARTS) is 1. The van der Waals surface area contributed by atoms with Crippen molar-refractivity contribution < 1.29 is 19.4 Å². The average Bonchev–Trinajstić information content (AvgIpc) is 3.03. The number of nitrogens with zero attached hydrogens (tertiary/aromatic N) is 1. The van der Waals surface area contributed by atoms with Crippen LogP contribution in [0.1, 0.15) is 42.1 Å². The summed E-state index contributed by atoms with van der Waals surface area (Å²) in [6.07, 6.45) is 3.35. The van der Waals surface area contributed by atoms with Crippen molar-refractivity contribution in [3.05, 3.63) is 35.4 Å². The number of ether oxygens (including phenoxy) is 1. The first-order chi connectivity index (χ1) is 10.6. The molecule has 0 radical (unpaired) electrons. The number of aryl methyl sites for hydroxylation is 1. The molecule has 1 heterocycles. The molecule has 0 bridgehead atoms. The summed E-state index contributed by atoms with van der Waals surface area (Å²) in [7, 11) is 0. The number of hydrogen-bond donors (Lipinski definition) is 1. The van der Waals surface area contributed by atoms with E-state index < -0.39 is 5.97 Å². The Morgan fingerprint density at radius 3 is 2.59 bits per heavy atom. The third-order valence-corrected chi connectivity index (χ3v) is 4.01. The summed E-state index contributed by atoms with van der Waals surface area (Å²) in [5.74, 6) is -0.809. The zero-order valence-corrected chi connectivity index (χ0v) is 13.0. The molecule has 22 heavy (non-hydrogen) atoms. The number of rotatable bonds is 7. The average molecular weight is 305 g/mol. The van der Waals surface area contributed by atoms with Crippen LogP contribution in [0.3, 0.4) is 0 Å². The Kier molecular flexibility index (Phi) is 5.95. The summed E-state index contributed by atoms with van der Waals surface area (Å²) in [6, 6.07) is 6.69. The first-order valence-electron chi connectivity index (χ1n) is 7.81. The number of likely N-dealkylation sites (N-methyl/N-ethyl adjacent to an activating group) is 1. The van der Waals surface area contributed by atoms with Gasteiger partial charge in [-0.05, 0) is 43.9 Å². The van der Waals surface area contributed by atoms with Crippen molar-refractivity contribution in [1.29, 1.82) is 0 Å². The van der Waals surface area contributed by atoms with Gasteiger partial charge in [0, 0.05) is 26.1 Å². The van der Waals surface area contributed by atoms with Crippen molar-refractivity contribution in [3.63, 3.8) is 0 Å². The van der Waals surface area contributed by atoms with Crippen LogP contribution < -0.4 is 0 Å². The highest BCUT2D eigenvalue weighted by Crippen LogP contribution is 2.14. The summed E-state index contributed by atoms with van der Waals surface area (Å²) in [6.45, 7) is 4.14. The minimum atomic E-state index is -0.934. The maximum atomic E-state index is 12.3. The van der Waals surface area contributed by atoms with Gasteiger partial charge in [-0.1, -0.05) is 12.1 Å². The molecule has 1 amide bonds. The van der Waals surface area contributed by atoms with Crippen LogP contribution in [0.25, 0.3) is 0 Å². The highest BCUT2D eigenvalue weighted by Gasteiger charge is 2.21. The van der Waals surface area contributed by atoms with Gasteiger partial charge in [0.25, 0.3) is 0 Å². The van der Waals surface area contributed by atoms with E-state index in [0.717, 1.165) is 25.0 Å². The first kappa shape index (κ1) is 16.5. The van der Waals surface area contributed by atoms with E-state index in [1.807, 2.05) is 11.8 Å². The van der Waals surface area contributed by atoms with E-state index in [0.29, 0.717) is 25.9 Å². The second-order valence-corrected chi connectivity index (χ2v) is 5.57. The fourth-order valence-electron chi connectivity index (χ4n) is 2.66. The quantitative estimate of drug-likeness (QED) is 0.839. The lowest BCUT2D eigenvalue weighted by molar-refractivity contribution is -0.132. The van der Waals surface area contributed by atoms with Gasteiger partial charge in [-0.2, -0.15) is 0 Å². The van der Waals surface area contributed by atoms with Crippen LogP contribution in [0.2, 0.25) is 0 Å². The molecule has 0 aromatic heterocycles. The number of carbonyl (C=O) groups excluding carboxylic acids is 1. The van der Waals surface area contributed by atoms with Crippen molar-refractivity contribution in [2.45, 2.75) is 38.7 Å².